The molecule has 7 nitrogen and oxygen atoms in total. The predicted octanol–water partition coefficient (Wildman–Crippen LogP) is 5.17. The van der Waals surface area contributed by atoms with Crippen molar-refractivity contribution in [1.29, 1.82) is 0 Å². The van der Waals surface area contributed by atoms with E-state index in [4.69, 9.17) is 26.6 Å². The second-order valence-corrected chi connectivity index (χ2v) is 16.4. The molecule has 0 heterocycles. The van der Waals surface area contributed by atoms with Crippen LogP contribution in [0.2, 0.25) is 11.1 Å². The van der Waals surface area contributed by atoms with Gasteiger partial charge in [0.25, 0.3) is 0 Å². The van der Waals surface area contributed by atoms with Gasteiger partial charge in [0, 0.05) is 76.0 Å². The van der Waals surface area contributed by atoms with Gasteiger partial charge in [0.2, 0.25) is 0 Å². The van der Waals surface area contributed by atoms with Crippen LogP contribution in [0.3, 0.4) is 0 Å². The van der Waals surface area contributed by atoms with E-state index in [9.17, 15) is 4.21 Å². The quantitative estimate of drug-likeness (QED) is 0.146. The third-order valence-electron chi connectivity index (χ3n) is 6.33. The van der Waals surface area contributed by atoms with Gasteiger partial charge in [-0.3, -0.25) is 4.21 Å². The normalized spacial score (nSPS) is 15.6. The van der Waals surface area contributed by atoms with Crippen LogP contribution in [0.4, 0.5) is 0 Å². The van der Waals surface area contributed by atoms with Crippen molar-refractivity contribution in [2.45, 2.75) is 89.1 Å². The molecule has 0 rings (SSSR count). The highest BCUT2D eigenvalue weighted by Crippen LogP contribution is 2.34. The largest absolute Gasteiger partial charge is 0.503 e. The second-order valence-electron chi connectivity index (χ2n) is 8.24. The highest BCUT2D eigenvalue weighted by atomic mass is 32.2. The molecular weight excluding hydrogens is 464 g/mol. The van der Waals surface area contributed by atoms with Gasteiger partial charge in [0.1, 0.15) is 0 Å². The van der Waals surface area contributed by atoms with Gasteiger partial charge in [-0.05, 0) is 38.5 Å². The van der Waals surface area contributed by atoms with Crippen molar-refractivity contribution >= 4 is 28.4 Å². The molecule has 10 heteroatoms. The Bertz CT molecular complexity index is 421. The number of unbranched alkanes of at least 4 members (excludes halogenated alkanes) is 2. The van der Waals surface area contributed by atoms with Crippen molar-refractivity contribution in [2.75, 3.05) is 54.2 Å². The number of hydrogen-bond acceptors (Lipinski definition) is 7. The van der Waals surface area contributed by atoms with Crippen molar-refractivity contribution in [2.24, 2.45) is 0 Å². The molecule has 0 amide bonds. The van der Waals surface area contributed by atoms with E-state index in [1.54, 1.807) is 42.7 Å². The zero-order valence-electron chi connectivity index (χ0n) is 21.9. The van der Waals surface area contributed by atoms with Gasteiger partial charge >= 0.3 is 17.6 Å². The van der Waals surface area contributed by atoms with E-state index in [0.717, 1.165) is 75.7 Å². The van der Waals surface area contributed by atoms with E-state index in [0.29, 0.717) is 11.1 Å². The Morgan fingerprint density at radius 2 is 0.875 bits per heavy atom. The Morgan fingerprint density at radius 1 is 0.562 bits per heavy atom. The molecule has 2 unspecified atom stereocenters. The third-order valence-corrected chi connectivity index (χ3v) is 14.4. The van der Waals surface area contributed by atoms with Gasteiger partial charge in [0.15, 0.2) is 0 Å². The lowest BCUT2D eigenvalue weighted by Crippen LogP contribution is -2.47. The van der Waals surface area contributed by atoms with Crippen LogP contribution in [0.25, 0.3) is 0 Å². The molecule has 0 saturated heterocycles. The molecule has 0 spiro atoms. The van der Waals surface area contributed by atoms with E-state index >= 15 is 0 Å². The molecule has 0 aliphatic heterocycles. The lowest BCUT2D eigenvalue weighted by molar-refractivity contribution is 0.107. The summed E-state index contributed by atoms with van der Waals surface area (Å²) < 4.78 is 46.6. The first kappa shape index (κ1) is 32.3. The molecule has 0 aromatic heterocycles. The molecule has 2 atom stereocenters. The van der Waals surface area contributed by atoms with Crippen molar-refractivity contribution in [3.63, 3.8) is 0 Å². The Kier molecular flexibility index (Phi) is 18.8. The van der Waals surface area contributed by atoms with Crippen molar-refractivity contribution in [1.82, 2.24) is 0 Å². The summed E-state index contributed by atoms with van der Waals surface area (Å²) in [6, 6.07) is 0. The molecule has 0 N–H and O–H groups in total. The molecule has 194 valence electrons. The van der Waals surface area contributed by atoms with Crippen LogP contribution >= 0.6 is 0 Å². The topological polar surface area (TPSA) is 72.5 Å². The molecule has 0 radical (unpaired) electrons. The first-order valence-electron chi connectivity index (χ1n) is 12.0. The third kappa shape index (κ3) is 10.3. The lowest BCUT2D eigenvalue weighted by atomic mass is 10.1. The fourth-order valence-electron chi connectivity index (χ4n) is 4.60. The van der Waals surface area contributed by atoms with Crippen LogP contribution in [0.1, 0.15) is 78.1 Å². The number of hydrogen-bond donors (Lipinski definition) is 0. The van der Waals surface area contributed by atoms with Gasteiger partial charge in [-0.1, -0.05) is 39.5 Å². The summed E-state index contributed by atoms with van der Waals surface area (Å²) in [5.41, 5.74) is 0.589. The predicted molar refractivity (Wildman–Crippen MR) is 136 cm³/mol. The zero-order chi connectivity index (χ0) is 24.5. The molecule has 0 bridgehead atoms. The molecule has 0 fully saturated rings. The van der Waals surface area contributed by atoms with Crippen molar-refractivity contribution in [3.05, 3.63) is 0 Å². The van der Waals surface area contributed by atoms with Gasteiger partial charge in [-0.2, -0.15) is 0 Å². The Balaban J connectivity index is 4.39. The Labute approximate surface area is 202 Å². The van der Waals surface area contributed by atoms with E-state index < -0.39 is 28.4 Å². The monoisotopic (exact) mass is 514 g/mol. The minimum atomic E-state index is -2.62. The maximum atomic E-state index is 12.5. The Morgan fingerprint density at radius 3 is 1.12 bits per heavy atom. The summed E-state index contributed by atoms with van der Waals surface area (Å²) in [6.07, 6.45) is 10.1. The molecular formula is C22H50O7SSi2. The smallest absolute Gasteiger partial charge is 0.377 e. The van der Waals surface area contributed by atoms with Crippen LogP contribution in [-0.4, -0.2) is 76.0 Å². The van der Waals surface area contributed by atoms with E-state index in [-0.39, 0.29) is 0 Å². The molecule has 0 aliphatic rings. The highest BCUT2D eigenvalue weighted by molar-refractivity contribution is 7.84. The standard InChI is InChI=1S/C22H50O7SSi2/c1-9-15-21(31(24-3,25-4)26-5)17-11-13-19-30(23)20-14-12-18-22(16-10-2)32(27-6,28-7)29-8/h21-22H,9-20H2,1-8H3. The van der Waals surface area contributed by atoms with Crippen LogP contribution in [-0.2, 0) is 37.4 Å². The molecule has 0 aliphatic carbocycles. The highest BCUT2D eigenvalue weighted by Gasteiger charge is 2.47. The minimum absolute atomic E-state index is 0.295. The summed E-state index contributed by atoms with van der Waals surface area (Å²) in [5, 5.41) is 0. The van der Waals surface area contributed by atoms with Gasteiger partial charge in [-0.15, -0.1) is 0 Å². The van der Waals surface area contributed by atoms with E-state index in [1.807, 2.05) is 0 Å². The fraction of sp³-hybridized carbons (Fsp3) is 1.00. The van der Waals surface area contributed by atoms with E-state index in [1.165, 1.54) is 0 Å². The SMILES string of the molecule is CCCC(CCCCS(=O)CCCCC(CCC)[Si](OC)(OC)OC)[Si](OC)(OC)OC. The lowest BCUT2D eigenvalue weighted by Gasteiger charge is -2.32. The molecule has 32 heavy (non-hydrogen) atoms. The zero-order valence-corrected chi connectivity index (χ0v) is 24.7. The average Bonchev–Trinajstić information content (AvgIpc) is 2.82. The maximum absolute atomic E-state index is 12.5. The second kappa shape index (κ2) is 18.6. The Hall–Kier alpha value is 0.344. The van der Waals surface area contributed by atoms with Crippen LogP contribution in [0, 0.1) is 0 Å². The summed E-state index contributed by atoms with van der Waals surface area (Å²) in [4.78, 5) is 0. The number of rotatable bonds is 22. The molecule has 0 aromatic rings. The molecule has 0 aromatic carbocycles. The average molecular weight is 515 g/mol. The van der Waals surface area contributed by atoms with Crippen molar-refractivity contribution < 1.29 is 30.8 Å². The summed E-state index contributed by atoms with van der Waals surface area (Å²) >= 11 is 0. The van der Waals surface area contributed by atoms with Crippen molar-refractivity contribution in [3.8, 4) is 0 Å². The summed E-state index contributed by atoms with van der Waals surface area (Å²) in [7, 11) is 4.08. The van der Waals surface area contributed by atoms with E-state index in [2.05, 4.69) is 13.8 Å². The molecule has 0 saturated carbocycles. The summed E-state index contributed by atoms with van der Waals surface area (Å²) in [6.45, 7) is 4.34. The van der Waals surface area contributed by atoms with Gasteiger partial charge in [-0.25, -0.2) is 0 Å². The fourth-order valence-corrected chi connectivity index (χ4v) is 11.3. The maximum Gasteiger partial charge on any atom is 0.503 e. The minimum Gasteiger partial charge on any atom is -0.377 e. The first-order chi connectivity index (χ1) is 15.4. The van der Waals surface area contributed by atoms with Gasteiger partial charge < -0.3 is 26.6 Å². The van der Waals surface area contributed by atoms with Crippen LogP contribution in [0.15, 0.2) is 0 Å². The summed E-state index contributed by atoms with van der Waals surface area (Å²) in [5.74, 6) is 1.51. The van der Waals surface area contributed by atoms with Crippen LogP contribution in [0.5, 0.6) is 0 Å². The van der Waals surface area contributed by atoms with Gasteiger partial charge in [0.05, 0.1) is 0 Å². The first-order valence-corrected chi connectivity index (χ1v) is 17.1. The van der Waals surface area contributed by atoms with Crippen LogP contribution < -0.4 is 0 Å².